The first-order valence-corrected chi connectivity index (χ1v) is 12.7. The molecule has 1 aromatic carbocycles. The summed E-state index contributed by atoms with van der Waals surface area (Å²) >= 11 is 0. The van der Waals surface area contributed by atoms with Gasteiger partial charge in [0.15, 0.2) is 11.6 Å². The van der Waals surface area contributed by atoms with Gasteiger partial charge in [0.1, 0.15) is 22.9 Å². The number of aromatic nitrogens is 4. The van der Waals surface area contributed by atoms with E-state index in [1.807, 2.05) is 0 Å². The summed E-state index contributed by atoms with van der Waals surface area (Å²) in [4.78, 5) is 19.7. The Morgan fingerprint density at radius 1 is 0.972 bits per heavy atom. The van der Waals surface area contributed by atoms with Crippen molar-refractivity contribution in [2.45, 2.75) is 24.5 Å². The highest BCUT2D eigenvalue weighted by Crippen LogP contribution is 2.40. The van der Waals surface area contributed by atoms with Crippen LogP contribution in [0.15, 0.2) is 36.4 Å². The van der Waals surface area contributed by atoms with E-state index in [0.29, 0.717) is 36.2 Å². The second-order valence-corrected chi connectivity index (χ2v) is 10.2. The summed E-state index contributed by atoms with van der Waals surface area (Å²) in [5, 5.41) is 14.2. The number of nitrogens with two attached hydrogens (primary N) is 1. The molecule has 1 aliphatic heterocycles. The average Bonchev–Trinajstić information content (AvgIpc) is 3.57. The quantitative estimate of drug-likeness (QED) is 0.469. The van der Waals surface area contributed by atoms with Gasteiger partial charge in [0.05, 0.1) is 21.3 Å². The lowest BCUT2D eigenvalue weighted by Crippen LogP contribution is -2.53. The van der Waals surface area contributed by atoms with E-state index in [-0.39, 0.29) is 17.3 Å². The predicted octanol–water partition coefficient (Wildman–Crippen LogP) is 1.48. The van der Waals surface area contributed by atoms with Gasteiger partial charge >= 0.3 is 0 Å². The van der Waals surface area contributed by atoms with Crippen LogP contribution in [0.4, 0.5) is 0 Å². The average molecular weight is 517 g/mol. The number of nitrogens with zero attached hydrogens (tertiary/aromatic N) is 5. The summed E-state index contributed by atoms with van der Waals surface area (Å²) in [6, 6.07) is 10.1. The van der Waals surface area contributed by atoms with Crippen LogP contribution in [0.1, 0.15) is 25.6 Å². The van der Waals surface area contributed by atoms with E-state index >= 15 is 0 Å². The minimum absolute atomic E-state index is 0.135. The lowest BCUT2D eigenvalue weighted by atomic mass is 10.1. The van der Waals surface area contributed by atoms with Crippen LogP contribution < -0.4 is 19.3 Å². The van der Waals surface area contributed by atoms with Crippen molar-refractivity contribution in [1.82, 2.24) is 24.6 Å². The zero-order valence-electron chi connectivity index (χ0n) is 20.5. The molecule has 1 saturated heterocycles. The normalized spacial score (nSPS) is 15.4. The van der Waals surface area contributed by atoms with E-state index < -0.39 is 20.7 Å². The third-order valence-corrected chi connectivity index (χ3v) is 7.74. The number of carbonyl (C=O) groups is 1. The molecule has 3 aromatic rings. The zero-order valence-corrected chi connectivity index (χ0v) is 21.3. The Morgan fingerprint density at radius 3 is 2.14 bits per heavy atom. The van der Waals surface area contributed by atoms with Crippen LogP contribution in [0.2, 0.25) is 0 Å². The molecular weight excluding hydrogens is 488 g/mol. The number of sulfonamides is 1. The van der Waals surface area contributed by atoms with Gasteiger partial charge < -0.3 is 19.1 Å². The summed E-state index contributed by atoms with van der Waals surface area (Å²) in [6.45, 7) is 2.08. The van der Waals surface area contributed by atoms with Crippen molar-refractivity contribution in [1.29, 1.82) is 0 Å². The molecule has 1 aliphatic rings. The number of rotatable bonds is 8. The second-order valence-electron chi connectivity index (χ2n) is 8.34. The van der Waals surface area contributed by atoms with Gasteiger partial charge in [0.25, 0.3) is 5.91 Å². The minimum Gasteiger partial charge on any atom is -0.494 e. The van der Waals surface area contributed by atoms with Crippen LogP contribution >= 0.6 is 0 Å². The molecule has 2 aromatic heterocycles. The van der Waals surface area contributed by atoms with E-state index in [0.717, 1.165) is 12.8 Å². The fraction of sp³-hybridized carbons (Fsp3) is 0.391. The van der Waals surface area contributed by atoms with Crippen LogP contribution in [0, 0.1) is 0 Å². The zero-order chi connectivity index (χ0) is 26.1. The van der Waals surface area contributed by atoms with Crippen molar-refractivity contribution in [3.8, 4) is 34.6 Å². The van der Waals surface area contributed by atoms with Crippen molar-refractivity contribution >= 4 is 15.9 Å². The summed E-state index contributed by atoms with van der Waals surface area (Å²) in [5.74, 6) is 0.183. The number of primary sulfonamides is 1. The van der Waals surface area contributed by atoms with E-state index in [1.165, 1.54) is 37.7 Å². The molecule has 3 heterocycles. The molecule has 0 aliphatic carbocycles. The number of likely N-dealkylation sites (tertiary alicyclic amines) is 1. The Hall–Kier alpha value is -3.71. The number of hydrogen-bond donors (Lipinski definition) is 1. The van der Waals surface area contributed by atoms with Gasteiger partial charge in [0.2, 0.25) is 20.7 Å². The first kappa shape index (κ1) is 25.4. The highest BCUT2D eigenvalue weighted by atomic mass is 32.2. The van der Waals surface area contributed by atoms with E-state index in [2.05, 4.69) is 15.2 Å². The summed E-state index contributed by atoms with van der Waals surface area (Å²) in [5.41, 5.74) is 0.595. The number of methoxy groups -OCH3 is 3. The summed E-state index contributed by atoms with van der Waals surface area (Å²) in [6.07, 6.45) is 1.52. The first-order chi connectivity index (χ1) is 17.2. The number of para-hydroxylation sites is 1. The first-order valence-electron chi connectivity index (χ1n) is 11.2. The molecule has 0 bridgehead atoms. The molecule has 4 rings (SSSR count). The smallest absolute Gasteiger partial charge is 0.253 e. The van der Waals surface area contributed by atoms with Crippen LogP contribution in [-0.4, -0.2) is 73.4 Å². The van der Waals surface area contributed by atoms with Crippen molar-refractivity contribution in [3.63, 3.8) is 0 Å². The van der Waals surface area contributed by atoms with E-state index in [1.54, 1.807) is 36.4 Å². The second kappa shape index (κ2) is 9.74. The highest BCUT2D eigenvalue weighted by Gasteiger charge is 2.53. The molecule has 0 radical (unpaired) electrons. The summed E-state index contributed by atoms with van der Waals surface area (Å²) in [7, 11) is -0.159. The molecule has 0 saturated carbocycles. The maximum Gasteiger partial charge on any atom is 0.253 e. The minimum atomic E-state index is -4.55. The Bertz CT molecular complexity index is 1360. The van der Waals surface area contributed by atoms with Crippen LogP contribution in [-0.2, 0) is 19.6 Å². The van der Waals surface area contributed by atoms with Crippen LogP contribution in [0.3, 0.4) is 0 Å². The molecule has 1 amide bonds. The maximum atomic E-state index is 13.7. The Kier molecular flexibility index (Phi) is 6.87. The number of amides is 1. The third kappa shape index (κ3) is 4.13. The number of hydrogen-bond acceptors (Lipinski definition) is 9. The van der Waals surface area contributed by atoms with E-state index in [4.69, 9.17) is 19.3 Å². The SMILES string of the molecule is COc1cccc(-c2nnc(C(C)(C(=O)N3CCCC3)S(N)(=O)=O)n2-c2c(OC)cccc2OC)n1. The van der Waals surface area contributed by atoms with Gasteiger partial charge in [0, 0.05) is 19.2 Å². The topological polar surface area (TPSA) is 152 Å². The monoisotopic (exact) mass is 516 g/mol. The molecule has 192 valence electrons. The van der Waals surface area contributed by atoms with Gasteiger partial charge in [-0.1, -0.05) is 12.1 Å². The Morgan fingerprint density at radius 2 is 1.58 bits per heavy atom. The maximum absolute atomic E-state index is 13.7. The molecule has 0 spiro atoms. The standard InChI is InChI=1S/C23H28N6O6S/c1-23(36(24,31)32,22(30)28-13-5-6-14-28)21-27-26-20(15-9-7-12-18(25-15)35-4)29(21)19-16(33-2)10-8-11-17(19)34-3/h7-12H,5-6,13-14H2,1-4H3,(H2,24,31,32). The number of carbonyl (C=O) groups excluding carboxylic acids is 1. The molecule has 36 heavy (non-hydrogen) atoms. The van der Waals surface area contributed by atoms with Gasteiger partial charge in [-0.25, -0.2) is 18.5 Å². The molecule has 1 fully saturated rings. The van der Waals surface area contributed by atoms with Gasteiger partial charge in [-0.2, -0.15) is 0 Å². The molecule has 12 nitrogen and oxygen atoms in total. The molecule has 1 atom stereocenters. The largest absolute Gasteiger partial charge is 0.494 e. The highest BCUT2D eigenvalue weighted by molar-refractivity contribution is 7.90. The summed E-state index contributed by atoms with van der Waals surface area (Å²) < 4.78 is 41.8. The lowest BCUT2D eigenvalue weighted by molar-refractivity contribution is -0.133. The fourth-order valence-corrected chi connectivity index (χ4v) is 5.00. The Labute approximate surface area is 209 Å². The van der Waals surface area contributed by atoms with Gasteiger partial charge in [-0.15, -0.1) is 10.2 Å². The molecule has 1 unspecified atom stereocenters. The molecule has 13 heteroatoms. The number of pyridine rings is 1. The fourth-order valence-electron chi connectivity index (χ4n) is 4.24. The van der Waals surface area contributed by atoms with Crippen molar-refractivity contribution in [2.75, 3.05) is 34.4 Å². The number of benzene rings is 1. The van der Waals surface area contributed by atoms with Crippen molar-refractivity contribution in [2.24, 2.45) is 5.14 Å². The number of ether oxygens (including phenoxy) is 3. The molecule has 2 N–H and O–H groups in total. The van der Waals surface area contributed by atoms with E-state index in [9.17, 15) is 13.2 Å². The van der Waals surface area contributed by atoms with Crippen LogP contribution in [0.25, 0.3) is 17.2 Å². The lowest BCUT2D eigenvalue weighted by Gasteiger charge is -2.30. The van der Waals surface area contributed by atoms with Gasteiger partial charge in [-0.05, 0) is 38.0 Å². The predicted molar refractivity (Wildman–Crippen MR) is 131 cm³/mol. The van der Waals surface area contributed by atoms with Gasteiger partial charge in [-0.3, -0.25) is 9.36 Å². The third-order valence-electron chi connectivity index (χ3n) is 6.25. The molecular formula is C23H28N6O6S. The van der Waals surface area contributed by atoms with Crippen LogP contribution in [0.5, 0.6) is 17.4 Å². The van der Waals surface area contributed by atoms with Crippen molar-refractivity contribution < 1.29 is 27.4 Å². The Balaban J connectivity index is 2.10. The van der Waals surface area contributed by atoms with Crippen molar-refractivity contribution in [3.05, 3.63) is 42.2 Å².